The molecular formula is C21H23N3O6. The quantitative estimate of drug-likeness (QED) is 0.233. The van der Waals surface area contributed by atoms with Crippen molar-refractivity contribution >= 4 is 23.8 Å². The van der Waals surface area contributed by atoms with Gasteiger partial charge in [-0.1, -0.05) is 26.0 Å². The second kappa shape index (κ2) is 10.1. The Bertz CT molecular complexity index is 985. The zero-order valence-corrected chi connectivity index (χ0v) is 17.2. The van der Waals surface area contributed by atoms with E-state index in [9.17, 15) is 19.7 Å². The summed E-state index contributed by atoms with van der Waals surface area (Å²) in [5.41, 5.74) is 4.25. The molecule has 0 saturated carbocycles. The highest BCUT2D eigenvalue weighted by Crippen LogP contribution is 2.27. The van der Waals surface area contributed by atoms with Crippen LogP contribution < -0.4 is 14.9 Å². The third-order valence-electron chi connectivity index (χ3n) is 4.00. The molecule has 1 N–H and O–H groups in total. The molecule has 0 aromatic heterocycles. The lowest BCUT2D eigenvalue weighted by Crippen LogP contribution is -2.25. The number of rotatable bonds is 8. The van der Waals surface area contributed by atoms with Gasteiger partial charge in [0.05, 0.1) is 11.1 Å². The molecule has 0 aliphatic heterocycles. The van der Waals surface area contributed by atoms with Crippen LogP contribution >= 0.6 is 0 Å². The number of hydrogen-bond acceptors (Lipinski definition) is 7. The van der Waals surface area contributed by atoms with Crippen LogP contribution in [-0.4, -0.2) is 29.6 Å². The molecule has 0 aliphatic rings. The van der Waals surface area contributed by atoms with Crippen molar-refractivity contribution in [2.75, 3.05) is 6.61 Å². The average Bonchev–Trinajstić information content (AvgIpc) is 2.66. The number of amides is 1. The molecule has 0 bridgehead atoms. The van der Waals surface area contributed by atoms with Crippen LogP contribution in [0.4, 0.5) is 5.69 Å². The van der Waals surface area contributed by atoms with E-state index in [1.54, 1.807) is 0 Å². The number of ether oxygens (including phenoxy) is 2. The minimum atomic E-state index is -0.588. The fourth-order valence-electron chi connectivity index (χ4n) is 2.59. The summed E-state index contributed by atoms with van der Waals surface area (Å²) in [4.78, 5) is 33.6. The maximum absolute atomic E-state index is 12.1. The number of nitro groups is 1. The fourth-order valence-corrected chi connectivity index (χ4v) is 2.59. The van der Waals surface area contributed by atoms with Gasteiger partial charge in [-0.15, -0.1) is 0 Å². The van der Waals surface area contributed by atoms with Crippen LogP contribution in [0.3, 0.4) is 0 Å². The Balaban J connectivity index is 2.06. The number of nitro benzene ring substituents is 1. The molecule has 2 aromatic carbocycles. The Morgan fingerprint density at radius 1 is 1.20 bits per heavy atom. The standard InChI is InChI=1S/C21H23N3O6/c1-13(2)18-7-5-14(3)9-20(18)29-12-21(26)23-22-11-16-10-17(24(27)28)6-8-19(16)30-15(4)25/h5-11,13H,12H2,1-4H3,(H,23,26)/b22-11+. The smallest absolute Gasteiger partial charge is 0.308 e. The summed E-state index contributed by atoms with van der Waals surface area (Å²) < 4.78 is 10.6. The van der Waals surface area contributed by atoms with Crippen LogP contribution in [0.1, 0.15) is 43.4 Å². The topological polar surface area (TPSA) is 120 Å². The number of nitrogens with zero attached hydrogens (tertiary/aromatic N) is 2. The van der Waals surface area contributed by atoms with E-state index in [0.29, 0.717) is 5.75 Å². The van der Waals surface area contributed by atoms with Gasteiger partial charge in [-0.05, 0) is 36.1 Å². The molecule has 0 atom stereocenters. The second-order valence-electron chi connectivity index (χ2n) is 6.85. The van der Waals surface area contributed by atoms with Gasteiger partial charge in [0, 0.05) is 24.6 Å². The van der Waals surface area contributed by atoms with E-state index in [2.05, 4.69) is 10.5 Å². The number of esters is 1. The molecule has 0 heterocycles. The van der Waals surface area contributed by atoms with E-state index in [1.165, 1.54) is 25.1 Å². The lowest BCUT2D eigenvalue weighted by Gasteiger charge is -2.14. The van der Waals surface area contributed by atoms with Crippen LogP contribution in [0.5, 0.6) is 11.5 Å². The van der Waals surface area contributed by atoms with Crippen LogP contribution in [0.2, 0.25) is 0 Å². The Kier molecular flexibility index (Phi) is 7.62. The molecule has 0 saturated heterocycles. The molecule has 9 nitrogen and oxygen atoms in total. The SMILES string of the molecule is CC(=O)Oc1ccc([N+](=O)[O-])cc1/C=N/NC(=O)COc1cc(C)ccc1C(C)C. The van der Waals surface area contributed by atoms with E-state index in [0.717, 1.165) is 17.3 Å². The van der Waals surface area contributed by atoms with E-state index in [-0.39, 0.29) is 29.5 Å². The third kappa shape index (κ3) is 6.40. The van der Waals surface area contributed by atoms with Crippen molar-refractivity contribution in [2.24, 2.45) is 5.10 Å². The maximum Gasteiger partial charge on any atom is 0.308 e. The minimum Gasteiger partial charge on any atom is -0.483 e. The monoisotopic (exact) mass is 413 g/mol. The number of nitrogens with one attached hydrogen (secondary N) is 1. The van der Waals surface area contributed by atoms with Gasteiger partial charge in [0.2, 0.25) is 0 Å². The molecule has 158 valence electrons. The highest BCUT2D eigenvalue weighted by Gasteiger charge is 2.13. The average molecular weight is 413 g/mol. The van der Waals surface area contributed by atoms with Crippen LogP contribution in [-0.2, 0) is 9.59 Å². The third-order valence-corrected chi connectivity index (χ3v) is 4.00. The summed E-state index contributed by atoms with van der Waals surface area (Å²) in [5.74, 6) is -0.157. The van der Waals surface area contributed by atoms with Crippen molar-refractivity contribution in [3.63, 3.8) is 0 Å². The summed E-state index contributed by atoms with van der Waals surface area (Å²) in [7, 11) is 0. The van der Waals surface area contributed by atoms with Crippen molar-refractivity contribution in [3.8, 4) is 11.5 Å². The van der Waals surface area contributed by atoms with Crippen molar-refractivity contribution in [1.29, 1.82) is 0 Å². The molecule has 0 radical (unpaired) electrons. The number of hydrogen-bond donors (Lipinski definition) is 1. The van der Waals surface area contributed by atoms with Crippen LogP contribution in [0, 0.1) is 17.0 Å². The predicted octanol–water partition coefficient (Wildman–Crippen LogP) is 3.48. The Labute approximate surface area is 173 Å². The lowest BCUT2D eigenvalue weighted by atomic mass is 10.0. The first-order valence-electron chi connectivity index (χ1n) is 9.19. The fraction of sp³-hybridized carbons (Fsp3) is 0.286. The molecular weight excluding hydrogens is 390 g/mol. The zero-order chi connectivity index (χ0) is 22.3. The summed E-state index contributed by atoms with van der Waals surface area (Å²) in [6.07, 6.45) is 1.16. The molecule has 2 rings (SSSR count). The van der Waals surface area contributed by atoms with Crippen molar-refractivity contribution in [2.45, 2.75) is 33.6 Å². The summed E-state index contributed by atoms with van der Waals surface area (Å²) in [6.45, 7) is 6.94. The minimum absolute atomic E-state index is 0.0867. The Hall–Kier alpha value is -3.75. The molecule has 9 heteroatoms. The predicted molar refractivity (Wildman–Crippen MR) is 111 cm³/mol. The number of benzene rings is 2. The van der Waals surface area contributed by atoms with E-state index >= 15 is 0 Å². The lowest BCUT2D eigenvalue weighted by molar-refractivity contribution is -0.384. The van der Waals surface area contributed by atoms with Crippen LogP contribution in [0.25, 0.3) is 0 Å². The highest BCUT2D eigenvalue weighted by atomic mass is 16.6. The van der Waals surface area contributed by atoms with E-state index < -0.39 is 16.8 Å². The normalized spacial score (nSPS) is 10.8. The van der Waals surface area contributed by atoms with Gasteiger partial charge < -0.3 is 9.47 Å². The Morgan fingerprint density at radius 3 is 2.57 bits per heavy atom. The van der Waals surface area contributed by atoms with Gasteiger partial charge in [-0.25, -0.2) is 5.43 Å². The van der Waals surface area contributed by atoms with Crippen molar-refractivity contribution < 1.29 is 24.0 Å². The first-order chi connectivity index (χ1) is 14.2. The van der Waals surface area contributed by atoms with Gasteiger partial charge >= 0.3 is 5.97 Å². The molecule has 0 unspecified atom stereocenters. The molecule has 0 fully saturated rings. The molecule has 1 amide bonds. The zero-order valence-electron chi connectivity index (χ0n) is 17.2. The molecule has 0 spiro atoms. The van der Waals surface area contributed by atoms with E-state index in [4.69, 9.17) is 9.47 Å². The van der Waals surface area contributed by atoms with Gasteiger partial charge in [0.25, 0.3) is 11.6 Å². The van der Waals surface area contributed by atoms with Crippen molar-refractivity contribution in [1.82, 2.24) is 5.43 Å². The summed E-state index contributed by atoms with van der Waals surface area (Å²) >= 11 is 0. The largest absolute Gasteiger partial charge is 0.483 e. The number of carbonyl (C=O) groups excluding carboxylic acids is 2. The first kappa shape index (κ1) is 22.5. The number of aryl methyl sites for hydroxylation is 1. The number of non-ortho nitro benzene ring substituents is 1. The molecule has 2 aromatic rings. The number of carbonyl (C=O) groups is 2. The van der Waals surface area contributed by atoms with Crippen molar-refractivity contribution in [3.05, 3.63) is 63.2 Å². The van der Waals surface area contributed by atoms with Gasteiger partial charge in [-0.3, -0.25) is 19.7 Å². The first-order valence-corrected chi connectivity index (χ1v) is 9.19. The maximum atomic E-state index is 12.1. The molecule has 0 aliphatic carbocycles. The van der Waals surface area contributed by atoms with Crippen LogP contribution in [0.15, 0.2) is 41.5 Å². The van der Waals surface area contributed by atoms with Gasteiger partial charge in [0.1, 0.15) is 11.5 Å². The number of hydrazone groups is 1. The summed E-state index contributed by atoms with van der Waals surface area (Å²) in [6, 6.07) is 9.48. The Morgan fingerprint density at radius 2 is 1.93 bits per heavy atom. The van der Waals surface area contributed by atoms with Gasteiger partial charge in [-0.2, -0.15) is 5.10 Å². The molecule has 30 heavy (non-hydrogen) atoms. The highest BCUT2D eigenvalue weighted by molar-refractivity contribution is 5.87. The summed E-state index contributed by atoms with van der Waals surface area (Å²) in [5, 5.41) is 14.7. The van der Waals surface area contributed by atoms with Gasteiger partial charge in [0.15, 0.2) is 6.61 Å². The van der Waals surface area contributed by atoms with E-state index in [1.807, 2.05) is 39.0 Å². The second-order valence-corrected chi connectivity index (χ2v) is 6.85.